The van der Waals surface area contributed by atoms with E-state index in [1.54, 1.807) is 36.3 Å². The van der Waals surface area contributed by atoms with Crippen LogP contribution in [0, 0.1) is 13.8 Å². The van der Waals surface area contributed by atoms with E-state index in [1.807, 2.05) is 32.0 Å². The van der Waals surface area contributed by atoms with E-state index < -0.39 is 6.04 Å². The van der Waals surface area contributed by atoms with Gasteiger partial charge in [0.15, 0.2) is 6.61 Å². The fourth-order valence-corrected chi connectivity index (χ4v) is 3.48. The molecule has 1 atom stereocenters. The monoisotopic (exact) mass is 382 g/mol. The number of anilines is 1. The Morgan fingerprint density at radius 1 is 1.11 bits per heavy atom. The summed E-state index contributed by atoms with van der Waals surface area (Å²) in [5, 5.41) is 2.88. The molecular formula is C22H26N2O4. The molecule has 1 aliphatic heterocycles. The van der Waals surface area contributed by atoms with E-state index in [9.17, 15) is 9.59 Å². The number of para-hydroxylation sites is 1. The molecule has 28 heavy (non-hydrogen) atoms. The largest absolute Gasteiger partial charge is 0.497 e. The van der Waals surface area contributed by atoms with Crippen molar-refractivity contribution in [2.75, 3.05) is 25.6 Å². The molecule has 1 fully saturated rings. The number of ether oxygens (including phenoxy) is 2. The van der Waals surface area contributed by atoms with Crippen molar-refractivity contribution in [2.45, 2.75) is 32.7 Å². The molecule has 0 saturated carbocycles. The van der Waals surface area contributed by atoms with Crippen molar-refractivity contribution < 1.29 is 19.1 Å². The van der Waals surface area contributed by atoms with Crippen LogP contribution in [0.25, 0.3) is 0 Å². The third-order valence-corrected chi connectivity index (χ3v) is 4.98. The van der Waals surface area contributed by atoms with E-state index in [0.29, 0.717) is 18.7 Å². The molecule has 6 heteroatoms. The summed E-state index contributed by atoms with van der Waals surface area (Å²) in [5.74, 6) is 1.10. The minimum absolute atomic E-state index is 0.0714. The number of hydrogen-bond donors (Lipinski definition) is 1. The van der Waals surface area contributed by atoms with Gasteiger partial charge in [-0.15, -0.1) is 0 Å². The molecule has 1 heterocycles. The minimum atomic E-state index is -0.476. The summed E-state index contributed by atoms with van der Waals surface area (Å²) in [6, 6.07) is 12.5. The molecule has 3 rings (SSSR count). The molecule has 1 unspecified atom stereocenters. The fraction of sp³-hybridized carbons (Fsp3) is 0.364. The van der Waals surface area contributed by atoms with E-state index >= 15 is 0 Å². The smallest absolute Gasteiger partial charge is 0.261 e. The SMILES string of the molecule is COc1ccc(NC(=O)C2CCCN2C(=O)COc2c(C)cccc2C)cc1. The van der Waals surface area contributed by atoms with Crippen molar-refractivity contribution in [1.29, 1.82) is 0 Å². The van der Waals surface area contributed by atoms with Crippen molar-refractivity contribution in [3.8, 4) is 11.5 Å². The molecule has 0 aliphatic carbocycles. The molecule has 148 valence electrons. The summed E-state index contributed by atoms with van der Waals surface area (Å²) >= 11 is 0. The lowest BCUT2D eigenvalue weighted by Gasteiger charge is -2.24. The lowest BCUT2D eigenvalue weighted by molar-refractivity contribution is -0.138. The number of likely N-dealkylation sites (tertiary alicyclic amines) is 1. The number of rotatable bonds is 6. The number of amides is 2. The average Bonchev–Trinajstić information content (AvgIpc) is 3.18. The number of methoxy groups -OCH3 is 1. The molecular weight excluding hydrogens is 356 g/mol. The molecule has 1 N–H and O–H groups in total. The van der Waals surface area contributed by atoms with Crippen LogP contribution in [0.1, 0.15) is 24.0 Å². The average molecular weight is 382 g/mol. The second kappa shape index (κ2) is 8.78. The number of nitrogens with zero attached hydrogens (tertiary/aromatic N) is 1. The van der Waals surface area contributed by atoms with Gasteiger partial charge < -0.3 is 19.7 Å². The Bertz CT molecular complexity index is 828. The van der Waals surface area contributed by atoms with Gasteiger partial charge in [-0.05, 0) is 62.1 Å². The molecule has 0 radical (unpaired) electrons. The van der Waals surface area contributed by atoms with Gasteiger partial charge in [0.2, 0.25) is 5.91 Å². The highest BCUT2D eigenvalue weighted by molar-refractivity contribution is 5.97. The maximum atomic E-state index is 12.7. The summed E-state index contributed by atoms with van der Waals surface area (Å²) in [5.41, 5.74) is 2.66. The summed E-state index contributed by atoms with van der Waals surface area (Å²) in [6.07, 6.45) is 1.45. The number of carbonyl (C=O) groups is 2. The Labute approximate surface area is 165 Å². The van der Waals surface area contributed by atoms with Crippen molar-refractivity contribution in [3.63, 3.8) is 0 Å². The summed E-state index contributed by atoms with van der Waals surface area (Å²) in [6.45, 7) is 4.40. The van der Waals surface area contributed by atoms with Gasteiger partial charge in [0.05, 0.1) is 7.11 Å². The van der Waals surface area contributed by atoms with Crippen LogP contribution in [0.15, 0.2) is 42.5 Å². The van der Waals surface area contributed by atoms with Gasteiger partial charge in [0, 0.05) is 12.2 Å². The maximum absolute atomic E-state index is 12.7. The van der Waals surface area contributed by atoms with Crippen molar-refractivity contribution in [2.24, 2.45) is 0 Å². The standard InChI is InChI=1S/C22H26N2O4/c1-15-6-4-7-16(2)21(15)28-14-20(25)24-13-5-8-19(24)22(26)23-17-9-11-18(27-3)12-10-17/h4,6-7,9-12,19H,5,8,13-14H2,1-3H3,(H,23,26). The molecule has 0 spiro atoms. The van der Waals surface area contributed by atoms with E-state index in [4.69, 9.17) is 9.47 Å². The number of aryl methyl sites for hydroxylation is 2. The Morgan fingerprint density at radius 2 is 1.79 bits per heavy atom. The lowest BCUT2D eigenvalue weighted by atomic mass is 10.1. The molecule has 1 aliphatic rings. The Balaban J connectivity index is 1.61. The number of carbonyl (C=O) groups excluding carboxylic acids is 2. The first-order valence-electron chi connectivity index (χ1n) is 9.43. The summed E-state index contributed by atoms with van der Waals surface area (Å²) in [7, 11) is 1.59. The number of hydrogen-bond acceptors (Lipinski definition) is 4. The van der Waals surface area contributed by atoms with Gasteiger partial charge in [-0.3, -0.25) is 9.59 Å². The molecule has 2 amide bonds. The zero-order valence-electron chi connectivity index (χ0n) is 16.5. The van der Waals surface area contributed by atoms with Crippen LogP contribution in [-0.2, 0) is 9.59 Å². The lowest BCUT2D eigenvalue weighted by Crippen LogP contribution is -2.45. The van der Waals surface area contributed by atoms with Crippen LogP contribution in [0.5, 0.6) is 11.5 Å². The molecule has 2 aromatic rings. The first kappa shape index (κ1) is 19.7. The summed E-state index contributed by atoms with van der Waals surface area (Å²) < 4.78 is 10.9. The van der Waals surface area contributed by atoms with Crippen molar-refractivity contribution >= 4 is 17.5 Å². The van der Waals surface area contributed by atoms with Crippen LogP contribution in [-0.4, -0.2) is 43.0 Å². The minimum Gasteiger partial charge on any atom is -0.497 e. The Morgan fingerprint density at radius 3 is 2.43 bits per heavy atom. The van der Waals surface area contributed by atoms with Gasteiger partial charge in [-0.2, -0.15) is 0 Å². The molecule has 0 aromatic heterocycles. The van der Waals surface area contributed by atoms with Crippen LogP contribution < -0.4 is 14.8 Å². The van der Waals surface area contributed by atoms with E-state index in [-0.39, 0.29) is 18.4 Å². The van der Waals surface area contributed by atoms with Crippen molar-refractivity contribution in [3.05, 3.63) is 53.6 Å². The maximum Gasteiger partial charge on any atom is 0.261 e. The zero-order valence-corrected chi connectivity index (χ0v) is 16.5. The normalized spacial score (nSPS) is 16.0. The molecule has 2 aromatic carbocycles. The predicted octanol–water partition coefficient (Wildman–Crippen LogP) is 3.32. The third kappa shape index (κ3) is 4.44. The van der Waals surface area contributed by atoms with Crippen LogP contribution in [0.2, 0.25) is 0 Å². The fourth-order valence-electron chi connectivity index (χ4n) is 3.48. The highest BCUT2D eigenvalue weighted by Gasteiger charge is 2.34. The summed E-state index contributed by atoms with van der Waals surface area (Å²) in [4.78, 5) is 27.0. The molecule has 1 saturated heterocycles. The highest BCUT2D eigenvalue weighted by atomic mass is 16.5. The van der Waals surface area contributed by atoms with E-state index in [1.165, 1.54) is 0 Å². The second-order valence-corrected chi connectivity index (χ2v) is 6.97. The number of nitrogens with one attached hydrogen (secondary N) is 1. The van der Waals surface area contributed by atoms with E-state index in [2.05, 4.69) is 5.32 Å². The molecule has 6 nitrogen and oxygen atoms in total. The van der Waals surface area contributed by atoms with Crippen LogP contribution in [0.4, 0.5) is 5.69 Å². The van der Waals surface area contributed by atoms with Crippen LogP contribution in [0.3, 0.4) is 0 Å². The van der Waals surface area contributed by atoms with Gasteiger partial charge in [0.25, 0.3) is 5.91 Å². The Kier molecular flexibility index (Phi) is 6.19. The quantitative estimate of drug-likeness (QED) is 0.832. The van der Waals surface area contributed by atoms with Crippen LogP contribution >= 0.6 is 0 Å². The first-order valence-corrected chi connectivity index (χ1v) is 9.43. The van der Waals surface area contributed by atoms with Gasteiger partial charge in [-0.1, -0.05) is 18.2 Å². The zero-order chi connectivity index (χ0) is 20.1. The highest BCUT2D eigenvalue weighted by Crippen LogP contribution is 2.24. The van der Waals surface area contributed by atoms with Crippen molar-refractivity contribution in [1.82, 2.24) is 4.90 Å². The Hall–Kier alpha value is -3.02. The van der Waals surface area contributed by atoms with Gasteiger partial charge >= 0.3 is 0 Å². The van der Waals surface area contributed by atoms with Gasteiger partial charge in [0.1, 0.15) is 17.5 Å². The van der Waals surface area contributed by atoms with Gasteiger partial charge in [-0.25, -0.2) is 0 Å². The predicted molar refractivity (Wildman–Crippen MR) is 108 cm³/mol. The first-order chi connectivity index (χ1) is 13.5. The second-order valence-electron chi connectivity index (χ2n) is 6.97. The third-order valence-electron chi connectivity index (χ3n) is 4.98. The molecule has 0 bridgehead atoms. The van der Waals surface area contributed by atoms with E-state index in [0.717, 1.165) is 29.0 Å². The topological polar surface area (TPSA) is 67.9 Å². The number of benzene rings is 2.